The molecule has 4 nitrogen and oxygen atoms in total. The lowest BCUT2D eigenvalue weighted by molar-refractivity contribution is -0.137. The summed E-state index contributed by atoms with van der Waals surface area (Å²) in [6, 6.07) is 9.53. The number of aromatic nitrogens is 2. The van der Waals surface area contributed by atoms with Crippen molar-refractivity contribution in [2.75, 3.05) is 5.32 Å². The second-order valence-corrected chi connectivity index (χ2v) is 5.82. The van der Waals surface area contributed by atoms with Crippen LogP contribution in [0.25, 0.3) is 11.3 Å². The molecule has 0 fully saturated rings. The lowest BCUT2D eigenvalue weighted by Gasteiger charge is -2.10. The summed E-state index contributed by atoms with van der Waals surface area (Å²) in [4.78, 5) is 12.4. The minimum Gasteiger partial charge on any atom is -0.319 e. The van der Waals surface area contributed by atoms with Gasteiger partial charge < -0.3 is 5.32 Å². The minimum atomic E-state index is -4.43. The number of aryl methyl sites for hydroxylation is 1. The van der Waals surface area contributed by atoms with Gasteiger partial charge in [0.05, 0.1) is 16.9 Å². The first-order valence-corrected chi connectivity index (χ1v) is 8.11. The quantitative estimate of drug-likeness (QED) is 0.625. The lowest BCUT2D eigenvalue weighted by atomic mass is 10.1. The van der Waals surface area contributed by atoms with Crippen LogP contribution in [0.1, 0.15) is 28.5 Å². The Morgan fingerprint density at radius 1 is 1.07 bits per heavy atom. The van der Waals surface area contributed by atoms with Gasteiger partial charge >= 0.3 is 6.18 Å². The van der Waals surface area contributed by atoms with Crippen LogP contribution in [0.5, 0.6) is 0 Å². The molecule has 8 heteroatoms. The largest absolute Gasteiger partial charge is 0.416 e. The number of nitrogens with zero attached hydrogens (tertiary/aromatic N) is 1. The summed E-state index contributed by atoms with van der Waals surface area (Å²) in [6.07, 6.45) is -3.91. The maximum Gasteiger partial charge on any atom is 0.416 e. The molecule has 0 saturated heterocycles. The summed E-state index contributed by atoms with van der Waals surface area (Å²) in [5, 5.41) is 9.63. The zero-order valence-corrected chi connectivity index (χ0v) is 14.2. The van der Waals surface area contributed by atoms with E-state index in [1.807, 2.05) is 6.92 Å². The molecule has 0 atom stereocenters. The number of hydrogen-bond donors (Lipinski definition) is 2. The maximum atomic E-state index is 13.0. The van der Waals surface area contributed by atoms with Gasteiger partial charge in [0.15, 0.2) is 0 Å². The molecule has 0 radical (unpaired) electrons. The molecule has 0 aliphatic rings. The number of alkyl halides is 3. The predicted octanol–water partition coefficient (Wildman–Crippen LogP) is 5.05. The normalized spacial score (nSPS) is 11.4. The molecule has 3 aromatic rings. The molecule has 1 heterocycles. The Morgan fingerprint density at radius 2 is 1.70 bits per heavy atom. The van der Waals surface area contributed by atoms with Crippen LogP contribution < -0.4 is 5.32 Å². The van der Waals surface area contributed by atoms with Crippen molar-refractivity contribution in [1.29, 1.82) is 0 Å². The van der Waals surface area contributed by atoms with Crippen molar-refractivity contribution in [1.82, 2.24) is 10.2 Å². The van der Waals surface area contributed by atoms with E-state index >= 15 is 0 Å². The van der Waals surface area contributed by atoms with Crippen molar-refractivity contribution in [3.63, 3.8) is 0 Å². The van der Waals surface area contributed by atoms with Gasteiger partial charge in [0.1, 0.15) is 11.5 Å². The van der Waals surface area contributed by atoms with Gasteiger partial charge in [-0.05, 0) is 42.8 Å². The first-order valence-electron chi connectivity index (χ1n) is 8.11. The molecular weight excluding hydrogens is 362 g/mol. The molecule has 0 bridgehead atoms. The fraction of sp³-hybridized carbons (Fsp3) is 0.158. The molecule has 27 heavy (non-hydrogen) atoms. The number of aromatic amines is 1. The van der Waals surface area contributed by atoms with E-state index < -0.39 is 23.5 Å². The van der Waals surface area contributed by atoms with Crippen LogP contribution in [0, 0.1) is 5.82 Å². The van der Waals surface area contributed by atoms with Crippen LogP contribution in [0.2, 0.25) is 0 Å². The highest BCUT2D eigenvalue weighted by molar-refractivity contribution is 6.06. The Bertz CT molecular complexity index is 945. The van der Waals surface area contributed by atoms with Crippen molar-refractivity contribution in [2.45, 2.75) is 19.5 Å². The second-order valence-electron chi connectivity index (χ2n) is 5.82. The Labute approximate surface area is 152 Å². The highest BCUT2D eigenvalue weighted by Crippen LogP contribution is 2.33. The standard InChI is InChI=1S/C19H15F4N3O/c1-2-15-17(24-18(27)12-5-9-14(20)10-6-12)16(26-25-15)11-3-7-13(8-4-11)19(21,22)23/h3-10H,2H2,1H3,(H,24,27)(H,25,26). The van der Waals surface area contributed by atoms with Crippen molar-refractivity contribution < 1.29 is 22.4 Å². The number of H-pyrrole nitrogens is 1. The van der Waals surface area contributed by atoms with E-state index in [1.165, 1.54) is 36.4 Å². The maximum absolute atomic E-state index is 13.0. The predicted molar refractivity (Wildman–Crippen MR) is 92.8 cm³/mol. The van der Waals surface area contributed by atoms with Gasteiger partial charge in [0, 0.05) is 11.1 Å². The Hall–Kier alpha value is -3.16. The monoisotopic (exact) mass is 377 g/mol. The molecule has 2 aromatic carbocycles. The van der Waals surface area contributed by atoms with Gasteiger partial charge in [-0.1, -0.05) is 19.1 Å². The van der Waals surface area contributed by atoms with Crippen LogP contribution in [-0.4, -0.2) is 16.1 Å². The van der Waals surface area contributed by atoms with E-state index in [-0.39, 0.29) is 5.56 Å². The molecule has 0 spiro atoms. The van der Waals surface area contributed by atoms with Crippen molar-refractivity contribution >= 4 is 11.6 Å². The molecule has 0 aliphatic heterocycles. The minimum absolute atomic E-state index is 0.248. The number of nitrogens with one attached hydrogen (secondary N) is 2. The molecule has 0 aliphatic carbocycles. The highest BCUT2D eigenvalue weighted by atomic mass is 19.4. The number of hydrogen-bond acceptors (Lipinski definition) is 2. The van der Waals surface area contributed by atoms with E-state index in [0.717, 1.165) is 12.1 Å². The molecule has 1 amide bonds. The summed E-state index contributed by atoms with van der Waals surface area (Å²) in [5.41, 5.74) is 1.24. The zero-order chi connectivity index (χ0) is 19.6. The smallest absolute Gasteiger partial charge is 0.319 e. The Balaban J connectivity index is 1.93. The van der Waals surface area contributed by atoms with Crippen LogP contribution in [0.15, 0.2) is 48.5 Å². The molecule has 0 saturated carbocycles. The second kappa shape index (κ2) is 7.22. The summed E-state index contributed by atoms with van der Waals surface area (Å²) in [5.74, 6) is -0.936. The summed E-state index contributed by atoms with van der Waals surface area (Å²) >= 11 is 0. The third-order valence-corrected chi connectivity index (χ3v) is 4.03. The lowest BCUT2D eigenvalue weighted by Crippen LogP contribution is -2.13. The average Bonchev–Trinajstić information content (AvgIpc) is 3.04. The molecule has 1 aromatic heterocycles. The van der Waals surface area contributed by atoms with Crippen molar-refractivity contribution in [3.05, 3.63) is 71.2 Å². The van der Waals surface area contributed by atoms with E-state index in [4.69, 9.17) is 0 Å². The SMILES string of the molecule is CCc1[nH]nc(-c2ccc(C(F)(F)F)cc2)c1NC(=O)c1ccc(F)cc1. The Morgan fingerprint density at radius 3 is 2.26 bits per heavy atom. The van der Waals surface area contributed by atoms with Crippen LogP contribution in [-0.2, 0) is 12.6 Å². The third-order valence-electron chi connectivity index (χ3n) is 4.03. The fourth-order valence-electron chi connectivity index (χ4n) is 2.58. The van der Waals surface area contributed by atoms with Crippen molar-refractivity contribution in [2.24, 2.45) is 0 Å². The van der Waals surface area contributed by atoms with Gasteiger partial charge in [-0.15, -0.1) is 0 Å². The van der Waals surface area contributed by atoms with Crippen LogP contribution >= 0.6 is 0 Å². The van der Waals surface area contributed by atoms with Gasteiger partial charge in [0.25, 0.3) is 5.91 Å². The number of carbonyl (C=O) groups excluding carboxylic acids is 1. The van der Waals surface area contributed by atoms with Gasteiger partial charge in [-0.25, -0.2) is 4.39 Å². The zero-order valence-electron chi connectivity index (χ0n) is 14.2. The first-order chi connectivity index (χ1) is 12.8. The van der Waals surface area contributed by atoms with Crippen LogP contribution in [0.4, 0.5) is 23.2 Å². The summed E-state index contributed by atoms with van der Waals surface area (Å²) in [6.45, 7) is 1.84. The van der Waals surface area contributed by atoms with Gasteiger partial charge in [-0.2, -0.15) is 18.3 Å². The topological polar surface area (TPSA) is 57.8 Å². The molecule has 140 valence electrons. The molecule has 0 unspecified atom stereocenters. The number of rotatable bonds is 4. The first kappa shape index (κ1) is 18.6. The number of benzene rings is 2. The van der Waals surface area contributed by atoms with E-state index in [2.05, 4.69) is 15.5 Å². The number of anilines is 1. The van der Waals surface area contributed by atoms with Crippen molar-refractivity contribution in [3.8, 4) is 11.3 Å². The van der Waals surface area contributed by atoms with Gasteiger partial charge in [-0.3, -0.25) is 9.89 Å². The van der Waals surface area contributed by atoms with E-state index in [9.17, 15) is 22.4 Å². The summed E-state index contributed by atoms with van der Waals surface area (Å²) < 4.78 is 51.2. The number of carbonyl (C=O) groups is 1. The molecule has 3 rings (SSSR count). The summed E-state index contributed by atoms with van der Waals surface area (Å²) in [7, 11) is 0. The average molecular weight is 377 g/mol. The highest BCUT2D eigenvalue weighted by Gasteiger charge is 2.30. The van der Waals surface area contributed by atoms with Crippen LogP contribution in [0.3, 0.4) is 0 Å². The molecule has 2 N–H and O–H groups in total. The fourth-order valence-corrected chi connectivity index (χ4v) is 2.58. The van der Waals surface area contributed by atoms with Gasteiger partial charge in [0.2, 0.25) is 0 Å². The van der Waals surface area contributed by atoms with E-state index in [0.29, 0.717) is 29.1 Å². The Kier molecular flexibility index (Phi) is 4.98. The van der Waals surface area contributed by atoms with E-state index in [1.54, 1.807) is 0 Å². The number of amides is 1. The molecular formula is C19H15F4N3O. The number of halogens is 4. The third kappa shape index (κ3) is 3.99.